The summed E-state index contributed by atoms with van der Waals surface area (Å²) in [6, 6.07) is 23.9. The summed E-state index contributed by atoms with van der Waals surface area (Å²) in [5, 5.41) is 0. The molecule has 6 nitrogen and oxygen atoms in total. The van der Waals surface area contributed by atoms with E-state index in [9.17, 15) is 14.4 Å². The first-order chi connectivity index (χ1) is 17.3. The maximum Gasteiger partial charge on any atom is 0.343 e. The minimum Gasteiger partial charge on any atom is -0.423 e. The predicted molar refractivity (Wildman–Crippen MR) is 144 cm³/mol. The zero-order valence-corrected chi connectivity index (χ0v) is 23.0. The van der Waals surface area contributed by atoms with Crippen LogP contribution in [0.3, 0.4) is 0 Å². The van der Waals surface area contributed by atoms with Crippen LogP contribution in [0.15, 0.2) is 104 Å². The van der Waals surface area contributed by atoms with Crippen molar-refractivity contribution in [3.8, 4) is 17.2 Å². The topological polar surface area (TPSA) is 78.9 Å². The van der Waals surface area contributed by atoms with Gasteiger partial charge in [-0.3, -0.25) is 0 Å². The second kappa shape index (κ2) is 11.6. The first-order valence-electron chi connectivity index (χ1n) is 10.4. The molecule has 0 atom stereocenters. The molecule has 4 aromatic carbocycles. The van der Waals surface area contributed by atoms with Gasteiger partial charge in [-0.2, -0.15) is 0 Å². The lowest BCUT2D eigenvalue weighted by atomic mass is 10.1. The molecular weight excluding hydrogens is 660 g/mol. The van der Waals surface area contributed by atoms with Crippen molar-refractivity contribution >= 4 is 65.7 Å². The fourth-order valence-electron chi connectivity index (χ4n) is 2.99. The van der Waals surface area contributed by atoms with Gasteiger partial charge in [0.15, 0.2) is 0 Å². The Morgan fingerprint density at radius 2 is 0.639 bits per heavy atom. The Bertz CT molecular complexity index is 1230. The van der Waals surface area contributed by atoms with E-state index in [4.69, 9.17) is 14.2 Å². The molecule has 4 aromatic rings. The summed E-state index contributed by atoms with van der Waals surface area (Å²) < 4.78 is 18.7. The third-order valence-corrected chi connectivity index (χ3v) is 6.30. The van der Waals surface area contributed by atoms with Gasteiger partial charge in [-0.1, -0.05) is 47.8 Å². The Morgan fingerprint density at radius 3 is 0.861 bits per heavy atom. The van der Waals surface area contributed by atoms with Crippen LogP contribution >= 0.6 is 47.8 Å². The molecule has 0 radical (unpaired) electrons. The molecule has 0 saturated carbocycles. The zero-order chi connectivity index (χ0) is 25.7. The normalized spacial score (nSPS) is 10.4. The Hall–Kier alpha value is -3.27. The van der Waals surface area contributed by atoms with Crippen molar-refractivity contribution in [2.24, 2.45) is 0 Å². The van der Waals surface area contributed by atoms with Crippen LogP contribution in [0, 0.1) is 0 Å². The van der Waals surface area contributed by atoms with Crippen molar-refractivity contribution in [2.75, 3.05) is 0 Å². The number of carbonyl (C=O) groups is 3. The first kappa shape index (κ1) is 25.8. The molecule has 0 spiro atoms. The van der Waals surface area contributed by atoms with Crippen molar-refractivity contribution in [3.05, 3.63) is 121 Å². The summed E-state index contributed by atoms with van der Waals surface area (Å²) in [6.07, 6.45) is 0. The van der Waals surface area contributed by atoms with E-state index in [0.29, 0.717) is 17.2 Å². The molecule has 0 fully saturated rings. The standard InChI is InChI=1S/C27H15Br3O6/c28-19-1-7-22(8-2-19)34-25(31)16-13-17(26(32)35-23-9-3-20(29)4-10-23)15-18(14-16)27(33)36-24-11-5-21(30)6-12-24/h1-15H. The van der Waals surface area contributed by atoms with Gasteiger partial charge in [0.1, 0.15) is 17.2 Å². The Kier molecular flexibility index (Phi) is 8.35. The van der Waals surface area contributed by atoms with Crippen LogP contribution in [0.2, 0.25) is 0 Å². The van der Waals surface area contributed by atoms with Crippen LogP contribution in [0.5, 0.6) is 17.2 Å². The summed E-state index contributed by atoms with van der Waals surface area (Å²) >= 11 is 9.96. The quantitative estimate of drug-likeness (QED) is 0.155. The summed E-state index contributed by atoms with van der Waals surface area (Å²) in [7, 11) is 0. The molecule has 0 aliphatic rings. The largest absolute Gasteiger partial charge is 0.423 e. The number of hydrogen-bond donors (Lipinski definition) is 0. The highest BCUT2D eigenvalue weighted by atomic mass is 79.9. The van der Waals surface area contributed by atoms with E-state index in [2.05, 4.69) is 47.8 Å². The number of esters is 3. The molecule has 0 amide bonds. The Balaban J connectivity index is 1.64. The van der Waals surface area contributed by atoms with E-state index in [0.717, 1.165) is 13.4 Å². The molecular formula is C27H15Br3O6. The molecule has 0 aromatic heterocycles. The van der Waals surface area contributed by atoms with Crippen molar-refractivity contribution in [2.45, 2.75) is 0 Å². The lowest BCUT2D eigenvalue weighted by Crippen LogP contribution is -2.16. The minimum absolute atomic E-state index is 0.0223. The molecule has 9 heteroatoms. The second-order valence-electron chi connectivity index (χ2n) is 7.33. The Morgan fingerprint density at radius 1 is 0.417 bits per heavy atom. The number of carbonyl (C=O) groups excluding carboxylic acids is 3. The van der Waals surface area contributed by atoms with E-state index in [-0.39, 0.29) is 16.7 Å². The highest BCUT2D eigenvalue weighted by Crippen LogP contribution is 2.22. The fourth-order valence-corrected chi connectivity index (χ4v) is 3.78. The molecule has 0 unspecified atom stereocenters. The highest BCUT2D eigenvalue weighted by molar-refractivity contribution is 9.11. The predicted octanol–water partition coefficient (Wildman–Crippen LogP) is 7.63. The van der Waals surface area contributed by atoms with Gasteiger partial charge in [0.2, 0.25) is 0 Å². The van der Waals surface area contributed by atoms with Crippen LogP contribution in [0.4, 0.5) is 0 Å². The van der Waals surface area contributed by atoms with Crippen molar-refractivity contribution in [3.63, 3.8) is 0 Å². The number of benzene rings is 4. The average molecular weight is 675 g/mol. The lowest BCUT2D eigenvalue weighted by molar-refractivity contribution is 0.0734. The van der Waals surface area contributed by atoms with Gasteiger partial charge in [0.05, 0.1) is 16.7 Å². The van der Waals surface area contributed by atoms with E-state index >= 15 is 0 Å². The minimum atomic E-state index is -0.756. The second-order valence-corrected chi connectivity index (χ2v) is 10.1. The highest BCUT2D eigenvalue weighted by Gasteiger charge is 2.20. The maximum absolute atomic E-state index is 12.9. The number of hydrogen-bond acceptors (Lipinski definition) is 6. The fraction of sp³-hybridized carbons (Fsp3) is 0. The van der Waals surface area contributed by atoms with E-state index in [1.54, 1.807) is 72.8 Å². The van der Waals surface area contributed by atoms with Crippen molar-refractivity contribution in [1.82, 2.24) is 0 Å². The van der Waals surface area contributed by atoms with E-state index in [1.807, 2.05) is 0 Å². The summed E-state index contributed by atoms with van der Waals surface area (Å²) in [6.45, 7) is 0. The molecule has 0 aliphatic carbocycles. The average Bonchev–Trinajstić information content (AvgIpc) is 2.87. The van der Waals surface area contributed by atoms with Crippen molar-refractivity contribution in [1.29, 1.82) is 0 Å². The molecule has 0 N–H and O–H groups in total. The molecule has 0 bridgehead atoms. The SMILES string of the molecule is O=C(Oc1ccc(Br)cc1)c1cc(C(=O)Oc2ccc(Br)cc2)cc(C(=O)Oc2ccc(Br)cc2)c1. The van der Waals surface area contributed by atoms with Gasteiger partial charge in [0, 0.05) is 13.4 Å². The van der Waals surface area contributed by atoms with Crippen LogP contribution in [-0.2, 0) is 0 Å². The zero-order valence-electron chi connectivity index (χ0n) is 18.2. The van der Waals surface area contributed by atoms with Gasteiger partial charge in [-0.05, 0) is 91.0 Å². The van der Waals surface area contributed by atoms with Gasteiger partial charge in [0.25, 0.3) is 0 Å². The lowest BCUT2D eigenvalue weighted by Gasteiger charge is -2.10. The van der Waals surface area contributed by atoms with E-state index < -0.39 is 17.9 Å². The smallest absolute Gasteiger partial charge is 0.343 e. The van der Waals surface area contributed by atoms with Gasteiger partial charge in [-0.25, -0.2) is 14.4 Å². The molecule has 4 rings (SSSR count). The number of halogens is 3. The van der Waals surface area contributed by atoms with Gasteiger partial charge < -0.3 is 14.2 Å². The number of ether oxygens (including phenoxy) is 3. The third kappa shape index (κ3) is 6.90. The van der Waals surface area contributed by atoms with Crippen LogP contribution in [-0.4, -0.2) is 17.9 Å². The third-order valence-electron chi connectivity index (χ3n) is 4.71. The molecule has 0 heterocycles. The van der Waals surface area contributed by atoms with Gasteiger partial charge >= 0.3 is 17.9 Å². The van der Waals surface area contributed by atoms with Gasteiger partial charge in [-0.15, -0.1) is 0 Å². The molecule has 0 aliphatic heterocycles. The summed E-state index contributed by atoms with van der Waals surface area (Å²) in [5.74, 6) is -1.38. The number of rotatable bonds is 6. The molecule has 0 saturated heterocycles. The monoisotopic (exact) mass is 672 g/mol. The summed E-state index contributed by atoms with van der Waals surface area (Å²) in [5.41, 5.74) is -0.0669. The van der Waals surface area contributed by atoms with Crippen LogP contribution in [0.1, 0.15) is 31.1 Å². The molecule has 180 valence electrons. The Labute approximate surface area is 231 Å². The summed E-state index contributed by atoms with van der Waals surface area (Å²) in [4.78, 5) is 38.7. The van der Waals surface area contributed by atoms with E-state index in [1.165, 1.54) is 18.2 Å². The van der Waals surface area contributed by atoms with Crippen molar-refractivity contribution < 1.29 is 28.6 Å². The van der Waals surface area contributed by atoms with Crippen LogP contribution < -0.4 is 14.2 Å². The first-order valence-corrected chi connectivity index (χ1v) is 12.7. The van der Waals surface area contributed by atoms with Crippen LogP contribution in [0.25, 0.3) is 0 Å². The molecule has 36 heavy (non-hydrogen) atoms. The maximum atomic E-state index is 12.9.